The molecule has 0 aliphatic heterocycles. The summed E-state index contributed by atoms with van der Waals surface area (Å²) in [5.41, 5.74) is 5.73. The Bertz CT molecular complexity index is 1360. The second-order valence-corrected chi connectivity index (χ2v) is 9.17. The van der Waals surface area contributed by atoms with Crippen LogP contribution in [-0.2, 0) is 14.4 Å². The van der Waals surface area contributed by atoms with Gasteiger partial charge in [0.05, 0.1) is 16.4 Å². The summed E-state index contributed by atoms with van der Waals surface area (Å²) in [6, 6.07) is 14.0. The van der Waals surface area contributed by atoms with Gasteiger partial charge in [-0.3, -0.25) is 14.4 Å². The molecular weight excluding hydrogens is 606 g/mol. The normalized spacial score (nSPS) is 10.7. The molecule has 0 unspecified atom stereocenters. The number of nitrogens with one attached hydrogen (secondary N) is 3. The van der Waals surface area contributed by atoms with Gasteiger partial charge in [-0.1, -0.05) is 12.1 Å². The number of ether oxygens (including phenoxy) is 2. The summed E-state index contributed by atoms with van der Waals surface area (Å²) in [7, 11) is 0. The Morgan fingerprint density at radius 2 is 1.74 bits per heavy atom. The van der Waals surface area contributed by atoms with E-state index in [9.17, 15) is 18.8 Å². The summed E-state index contributed by atoms with van der Waals surface area (Å²) in [6.07, 6.45) is 1.34. The van der Waals surface area contributed by atoms with E-state index in [4.69, 9.17) is 9.47 Å². The van der Waals surface area contributed by atoms with Gasteiger partial charge < -0.3 is 20.1 Å². The van der Waals surface area contributed by atoms with Crippen molar-refractivity contribution in [2.24, 2.45) is 5.10 Å². The van der Waals surface area contributed by atoms with Crippen LogP contribution in [-0.4, -0.2) is 37.1 Å². The minimum Gasteiger partial charge on any atom is -0.490 e. The molecule has 0 aliphatic rings. The molecule has 0 spiro atoms. The molecule has 38 heavy (non-hydrogen) atoms. The summed E-state index contributed by atoms with van der Waals surface area (Å²) in [6.45, 7) is 5.84. The minimum absolute atomic E-state index is 0.226. The highest BCUT2D eigenvalue weighted by molar-refractivity contribution is 14.1. The highest BCUT2D eigenvalue weighted by Crippen LogP contribution is 2.34. The lowest BCUT2D eigenvalue weighted by Gasteiger charge is -2.15. The number of amides is 3. The Morgan fingerprint density at radius 3 is 2.45 bits per heavy atom. The lowest BCUT2D eigenvalue weighted by Crippen LogP contribution is -2.32. The summed E-state index contributed by atoms with van der Waals surface area (Å²) >= 11 is 2.05. The molecule has 3 amide bonds. The van der Waals surface area contributed by atoms with E-state index in [0.717, 1.165) is 28.9 Å². The van der Waals surface area contributed by atoms with Gasteiger partial charge in [0.15, 0.2) is 18.1 Å². The third-order valence-electron chi connectivity index (χ3n) is 5.25. The molecule has 9 nitrogen and oxygen atoms in total. The molecule has 0 saturated carbocycles. The Morgan fingerprint density at radius 1 is 1.00 bits per heavy atom. The summed E-state index contributed by atoms with van der Waals surface area (Å²) in [4.78, 5) is 36.5. The highest BCUT2D eigenvalue weighted by Gasteiger charge is 2.16. The molecule has 0 saturated heterocycles. The Hall–Kier alpha value is -4.00. The van der Waals surface area contributed by atoms with Crippen LogP contribution < -0.4 is 25.5 Å². The average molecular weight is 632 g/mol. The van der Waals surface area contributed by atoms with Crippen molar-refractivity contribution < 1.29 is 28.2 Å². The van der Waals surface area contributed by atoms with Crippen LogP contribution in [0.4, 0.5) is 15.8 Å². The fraction of sp³-hybridized carbons (Fsp3) is 0.185. The van der Waals surface area contributed by atoms with E-state index >= 15 is 0 Å². The quantitative estimate of drug-likeness (QED) is 0.139. The number of rotatable bonds is 9. The first-order valence-corrected chi connectivity index (χ1v) is 12.6. The zero-order valence-electron chi connectivity index (χ0n) is 20.9. The number of halogens is 2. The van der Waals surface area contributed by atoms with Crippen LogP contribution in [0.25, 0.3) is 0 Å². The van der Waals surface area contributed by atoms with Gasteiger partial charge in [-0.15, -0.1) is 0 Å². The van der Waals surface area contributed by atoms with E-state index in [0.29, 0.717) is 27.2 Å². The summed E-state index contributed by atoms with van der Waals surface area (Å²) in [5.74, 6) is -1.95. The zero-order chi connectivity index (χ0) is 27.7. The van der Waals surface area contributed by atoms with E-state index in [1.165, 1.54) is 18.3 Å². The maximum atomic E-state index is 13.0. The second-order valence-electron chi connectivity index (χ2n) is 8.01. The van der Waals surface area contributed by atoms with Gasteiger partial charge in [0.25, 0.3) is 5.91 Å². The predicted octanol–water partition coefficient (Wildman–Crippen LogP) is 4.55. The first kappa shape index (κ1) is 28.6. The molecule has 3 aromatic carbocycles. The third-order valence-corrected chi connectivity index (χ3v) is 6.05. The topological polar surface area (TPSA) is 118 Å². The number of carbonyl (C=O) groups excluding carboxylic acids is 3. The molecule has 0 fully saturated rings. The van der Waals surface area contributed by atoms with Crippen molar-refractivity contribution in [3.8, 4) is 11.5 Å². The van der Waals surface area contributed by atoms with Crippen LogP contribution in [0.15, 0.2) is 59.7 Å². The van der Waals surface area contributed by atoms with Crippen LogP contribution in [0.2, 0.25) is 0 Å². The van der Waals surface area contributed by atoms with Gasteiger partial charge in [0.2, 0.25) is 0 Å². The van der Waals surface area contributed by atoms with Crippen LogP contribution in [0.5, 0.6) is 11.5 Å². The lowest BCUT2D eigenvalue weighted by molar-refractivity contribution is -0.136. The molecule has 0 aliphatic carbocycles. The molecule has 0 aromatic heterocycles. The maximum absolute atomic E-state index is 13.0. The van der Waals surface area contributed by atoms with Gasteiger partial charge in [0.1, 0.15) is 5.82 Å². The molecular formula is C27H26FIN4O5. The van der Waals surface area contributed by atoms with Crippen molar-refractivity contribution in [1.82, 2.24) is 5.43 Å². The van der Waals surface area contributed by atoms with Crippen LogP contribution in [0.1, 0.15) is 23.6 Å². The van der Waals surface area contributed by atoms with Gasteiger partial charge in [-0.25, -0.2) is 9.82 Å². The standard InChI is InChI=1S/C27H26FIN4O5/c1-4-37-23-13-18(14-30-33-27(36)26(35)31-20-10-8-19(28)9-11-20)12-21(29)25(23)38-15-24(34)32-22-7-5-6-16(2)17(22)3/h5-14H,4,15H2,1-3H3,(H,31,35)(H,32,34)(H,33,36)/b30-14-. The van der Waals surface area contributed by atoms with Crippen LogP contribution in [0.3, 0.4) is 0 Å². The number of anilines is 2. The fourth-order valence-electron chi connectivity index (χ4n) is 3.21. The molecule has 0 bridgehead atoms. The van der Waals surface area contributed by atoms with E-state index in [-0.39, 0.29) is 18.2 Å². The number of aryl methyl sites for hydroxylation is 1. The summed E-state index contributed by atoms with van der Waals surface area (Å²) < 4.78 is 25.1. The monoisotopic (exact) mass is 632 g/mol. The number of hydrazone groups is 1. The minimum atomic E-state index is -1.000. The van der Waals surface area contributed by atoms with Crippen molar-refractivity contribution in [2.45, 2.75) is 20.8 Å². The molecule has 0 radical (unpaired) electrons. The van der Waals surface area contributed by atoms with E-state index < -0.39 is 17.6 Å². The predicted molar refractivity (Wildman–Crippen MR) is 151 cm³/mol. The lowest BCUT2D eigenvalue weighted by atomic mass is 10.1. The van der Waals surface area contributed by atoms with Crippen molar-refractivity contribution in [2.75, 3.05) is 23.8 Å². The third kappa shape index (κ3) is 8.00. The number of hydrogen-bond donors (Lipinski definition) is 3. The highest BCUT2D eigenvalue weighted by atomic mass is 127. The van der Waals surface area contributed by atoms with Crippen molar-refractivity contribution >= 4 is 57.9 Å². The first-order chi connectivity index (χ1) is 18.2. The largest absolute Gasteiger partial charge is 0.490 e. The average Bonchev–Trinajstić information content (AvgIpc) is 2.87. The molecule has 3 aromatic rings. The van der Waals surface area contributed by atoms with Gasteiger partial charge in [-0.05, 0) is 103 Å². The maximum Gasteiger partial charge on any atom is 0.329 e. The molecule has 3 rings (SSSR count). The number of benzene rings is 3. The van der Waals surface area contributed by atoms with E-state index in [1.54, 1.807) is 12.1 Å². The van der Waals surface area contributed by atoms with Crippen molar-refractivity contribution in [3.05, 3.63) is 80.7 Å². The van der Waals surface area contributed by atoms with E-state index in [2.05, 4.69) is 21.2 Å². The number of nitrogens with zero attached hydrogens (tertiary/aromatic N) is 1. The van der Waals surface area contributed by atoms with Gasteiger partial charge >= 0.3 is 11.8 Å². The second kappa shape index (κ2) is 13.5. The summed E-state index contributed by atoms with van der Waals surface area (Å²) in [5, 5.41) is 9.01. The van der Waals surface area contributed by atoms with Gasteiger partial charge in [0, 0.05) is 11.4 Å². The van der Waals surface area contributed by atoms with Crippen molar-refractivity contribution in [3.63, 3.8) is 0 Å². The Kier molecular flexibility index (Phi) is 10.2. The van der Waals surface area contributed by atoms with Crippen LogP contribution >= 0.6 is 22.6 Å². The molecule has 198 valence electrons. The van der Waals surface area contributed by atoms with Gasteiger partial charge in [-0.2, -0.15) is 5.10 Å². The fourth-order valence-corrected chi connectivity index (χ4v) is 3.99. The first-order valence-electron chi connectivity index (χ1n) is 11.5. The van der Waals surface area contributed by atoms with Crippen molar-refractivity contribution in [1.29, 1.82) is 0 Å². The number of hydrogen-bond acceptors (Lipinski definition) is 6. The Labute approximate surface area is 232 Å². The molecule has 0 atom stereocenters. The molecule has 3 N–H and O–H groups in total. The Balaban J connectivity index is 1.62. The molecule has 0 heterocycles. The smallest absolute Gasteiger partial charge is 0.329 e. The van der Waals surface area contributed by atoms with Crippen LogP contribution in [0, 0.1) is 23.2 Å². The number of carbonyl (C=O) groups is 3. The molecule has 11 heteroatoms. The SMILES string of the molecule is CCOc1cc(/C=N\NC(=O)C(=O)Nc2ccc(F)cc2)cc(I)c1OCC(=O)Nc1cccc(C)c1C. The van der Waals surface area contributed by atoms with E-state index in [1.807, 2.05) is 61.6 Å². The zero-order valence-corrected chi connectivity index (χ0v) is 23.1.